The highest BCUT2D eigenvalue weighted by Crippen LogP contribution is 2.03. The van der Waals surface area contributed by atoms with Crippen LogP contribution in [0, 0.1) is 0 Å². The fraction of sp³-hybridized carbons (Fsp3) is 1.00. The van der Waals surface area contributed by atoms with Crippen LogP contribution in [0.2, 0.25) is 0 Å². The smallest absolute Gasteiger partial charge is 0.215 e. The lowest BCUT2D eigenvalue weighted by atomic mass is 10.4. The van der Waals surface area contributed by atoms with Gasteiger partial charge in [0.25, 0.3) is 0 Å². The number of hydrogen-bond donors (Lipinski definition) is 1. The van der Waals surface area contributed by atoms with Crippen LogP contribution in [0.5, 0.6) is 0 Å². The molecule has 84 valence electrons. The highest BCUT2D eigenvalue weighted by atomic mass is 32.2. The van der Waals surface area contributed by atoms with E-state index < -0.39 is 10.0 Å². The molecule has 5 nitrogen and oxygen atoms in total. The highest BCUT2D eigenvalue weighted by molar-refractivity contribution is 7.89. The summed E-state index contributed by atoms with van der Waals surface area (Å²) >= 11 is 0. The number of rotatable bonds is 4. The van der Waals surface area contributed by atoms with Crippen molar-refractivity contribution in [3.05, 3.63) is 0 Å². The summed E-state index contributed by atoms with van der Waals surface area (Å²) < 4.78 is 25.1. The second-order valence-corrected chi connectivity index (χ2v) is 5.86. The third-order valence-electron chi connectivity index (χ3n) is 2.27. The predicted molar refractivity (Wildman–Crippen MR) is 56.8 cm³/mol. The molecular weight excluding hydrogens is 202 g/mol. The molecule has 0 radical (unpaired) electrons. The van der Waals surface area contributed by atoms with E-state index in [9.17, 15) is 8.42 Å². The molecule has 1 heterocycles. The first-order valence-corrected chi connectivity index (χ1v) is 6.46. The van der Waals surface area contributed by atoms with Crippen LogP contribution in [-0.2, 0) is 10.0 Å². The monoisotopic (exact) mass is 221 g/mol. The summed E-state index contributed by atoms with van der Waals surface area (Å²) in [5, 5.41) is 3.14. The van der Waals surface area contributed by atoms with Gasteiger partial charge in [-0.2, -0.15) is 4.31 Å². The van der Waals surface area contributed by atoms with Gasteiger partial charge in [-0.05, 0) is 14.1 Å². The summed E-state index contributed by atoms with van der Waals surface area (Å²) in [6.45, 7) is 3.33. The molecule has 1 N–H and O–H groups in total. The van der Waals surface area contributed by atoms with E-state index in [-0.39, 0.29) is 5.75 Å². The Balaban J connectivity index is 2.46. The summed E-state index contributed by atoms with van der Waals surface area (Å²) in [4.78, 5) is 1.89. The van der Waals surface area contributed by atoms with Crippen LogP contribution in [0.4, 0.5) is 0 Å². The van der Waals surface area contributed by atoms with Gasteiger partial charge in [0, 0.05) is 32.7 Å². The average Bonchev–Trinajstić information content (AvgIpc) is 2.16. The summed E-state index contributed by atoms with van der Waals surface area (Å²) in [5.74, 6) is 0.222. The maximum Gasteiger partial charge on any atom is 0.215 e. The molecule has 6 heteroatoms. The predicted octanol–water partition coefficient (Wildman–Crippen LogP) is -1.22. The lowest BCUT2D eigenvalue weighted by molar-refractivity contribution is 0.354. The minimum absolute atomic E-state index is 0.222. The van der Waals surface area contributed by atoms with Crippen molar-refractivity contribution in [2.75, 3.05) is 52.6 Å². The topological polar surface area (TPSA) is 52.7 Å². The van der Waals surface area contributed by atoms with Crippen molar-refractivity contribution in [2.45, 2.75) is 0 Å². The molecule has 0 aromatic carbocycles. The molecular formula is C8H19N3O2S. The summed E-state index contributed by atoms with van der Waals surface area (Å²) in [6, 6.07) is 0. The van der Waals surface area contributed by atoms with E-state index in [0.717, 1.165) is 13.1 Å². The largest absolute Gasteiger partial charge is 0.314 e. The van der Waals surface area contributed by atoms with E-state index in [0.29, 0.717) is 19.6 Å². The van der Waals surface area contributed by atoms with Crippen LogP contribution >= 0.6 is 0 Å². The lowest BCUT2D eigenvalue weighted by Gasteiger charge is -2.27. The third kappa shape index (κ3) is 3.53. The number of nitrogens with one attached hydrogen (secondary N) is 1. The Labute approximate surface area is 86.1 Å². The molecule has 0 aliphatic carbocycles. The van der Waals surface area contributed by atoms with E-state index in [4.69, 9.17) is 0 Å². The number of hydrogen-bond acceptors (Lipinski definition) is 4. The Morgan fingerprint density at radius 3 is 2.36 bits per heavy atom. The van der Waals surface area contributed by atoms with Gasteiger partial charge in [0.1, 0.15) is 0 Å². The molecule has 14 heavy (non-hydrogen) atoms. The Kier molecular flexibility index (Phi) is 4.31. The minimum atomic E-state index is -3.03. The second-order valence-electron chi connectivity index (χ2n) is 3.77. The zero-order chi connectivity index (χ0) is 10.6. The van der Waals surface area contributed by atoms with Crippen molar-refractivity contribution < 1.29 is 8.42 Å². The van der Waals surface area contributed by atoms with E-state index >= 15 is 0 Å². The summed E-state index contributed by atoms with van der Waals surface area (Å²) in [5.41, 5.74) is 0. The minimum Gasteiger partial charge on any atom is -0.314 e. The van der Waals surface area contributed by atoms with Crippen molar-refractivity contribution in [3.63, 3.8) is 0 Å². The molecule has 1 aliphatic rings. The van der Waals surface area contributed by atoms with Gasteiger partial charge in [0.15, 0.2) is 0 Å². The van der Waals surface area contributed by atoms with Crippen LogP contribution in [0.3, 0.4) is 0 Å². The number of sulfonamides is 1. The summed E-state index contributed by atoms with van der Waals surface area (Å²) in [6.07, 6.45) is 0. The first-order chi connectivity index (χ1) is 6.52. The maximum atomic E-state index is 11.8. The Morgan fingerprint density at radius 1 is 1.29 bits per heavy atom. The molecule has 0 amide bonds. The first-order valence-electron chi connectivity index (χ1n) is 4.85. The summed E-state index contributed by atoms with van der Waals surface area (Å²) in [7, 11) is 0.738. The van der Waals surface area contributed by atoms with Gasteiger partial charge < -0.3 is 10.2 Å². The quantitative estimate of drug-likeness (QED) is 0.647. The molecule has 0 unspecified atom stereocenters. The number of piperazine rings is 1. The van der Waals surface area contributed by atoms with Crippen LogP contribution in [0.1, 0.15) is 0 Å². The second kappa shape index (κ2) is 5.06. The molecule has 1 saturated heterocycles. The highest BCUT2D eigenvalue weighted by Gasteiger charge is 2.23. The zero-order valence-electron chi connectivity index (χ0n) is 8.86. The SMILES string of the molecule is CN(C)CCS(=O)(=O)N1CCNCC1. The third-order valence-corrected chi connectivity index (χ3v) is 4.12. The van der Waals surface area contributed by atoms with Crippen LogP contribution in [0.25, 0.3) is 0 Å². The van der Waals surface area contributed by atoms with Crippen molar-refractivity contribution in [3.8, 4) is 0 Å². The van der Waals surface area contributed by atoms with Crippen molar-refractivity contribution >= 4 is 10.0 Å². The van der Waals surface area contributed by atoms with Gasteiger partial charge in [-0.3, -0.25) is 0 Å². The molecule has 0 spiro atoms. The molecule has 0 saturated carbocycles. The fourth-order valence-electron chi connectivity index (χ4n) is 1.35. The average molecular weight is 221 g/mol. The first kappa shape index (κ1) is 11.9. The maximum absolute atomic E-state index is 11.8. The van der Waals surface area contributed by atoms with Crippen LogP contribution < -0.4 is 5.32 Å². The molecule has 1 fully saturated rings. The van der Waals surface area contributed by atoms with E-state index in [1.807, 2.05) is 19.0 Å². The molecule has 1 aliphatic heterocycles. The van der Waals surface area contributed by atoms with Gasteiger partial charge in [-0.1, -0.05) is 0 Å². The standard InChI is InChI=1S/C8H19N3O2S/c1-10(2)7-8-14(12,13)11-5-3-9-4-6-11/h9H,3-8H2,1-2H3. The molecule has 0 aromatic rings. The van der Waals surface area contributed by atoms with E-state index in [1.165, 1.54) is 0 Å². The van der Waals surface area contributed by atoms with Crippen molar-refractivity contribution in [1.82, 2.24) is 14.5 Å². The Morgan fingerprint density at radius 2 is 1.86 bits per heavy atom. The number of nitrogens with zero attached hydrogens (tertiary/aromatic N) is 2. The zero-order valence-corrected chi connectivity index (χ0v) is 9.68. The molecule has 0 bridgehead atoms. The van der Waals surface area contributed by atoms with Crippen LogP contribution in [-0.4, -0.2) is 70.2 Å². The van der Waals surface area contributed by atoms with Gasteiger partial charge >= 0.3 is 0 Å². The van der Waals surface area contributed by atoms with Gasteiger partial charge in [-0.25, -0.2) is 8.42 Å². The normalized spacial score (nSPS) is 20.2. The van der Waals surface area contributed by atoms with Crippen molar-refractivity contribution in [1.29, 1.82) is 0 Å². The van der Waals surface area contributed by atoms with Gasteiger partial charge in [0.05, 0.1) is 5.75 Å². The lowest BCUT2D eigenvalue weighted by Crippen LogP contribution is -2.47. The van der Waals surface area contributed by atoms with Gasteiger partial charge in [-0.15, -0.1) is 0 Å². The van der Waals surface area contributed by atoms with E-state index in [1.54, 1.807) is 4.31 Å². The Bertz CT molecular complexity index is 258. The molecule has 0 atom stereocenters. The van der Waals surface area contributed by atoms with Crippen molar-refractivity contribution in [2.24, 2.45) is 0 Å². The van der Waals surface area contributed by atoms with Gasteiger partial charge in [0.2, 0.25) is 10.0 Å². The fourth-order valence-corrected chi connectivity index (χ4v) is 2.94. The molecule has 0 aromatic heterocycles. The van der Waals surface area contributed by atoms with Crippen LogP contribution in [0.15, 0.2) is 0 Å². The van der Waals surface area contributed by atoms with E-state index in [2.05, 4.69) is 5.32 Å². The Hall–Kier alpha value is -0.170. The molecule has 1 rings (SSSR count).